The Balaban J connectivity index is 2.09. The second-order valence-corrected chi connectivity index (χ2v) is 7.48. The van der Waals surface area contributed by atoms with Crippen molar-refractivity contribution in [2.75, 3.05) is 20.3 Å². The van der Waals surface area contributed by atoms with Crippen molar-refractivity contribution in [2.24, 2.45) is 0 Å². The molecule has 0 aromatic heterocycles. The highest BCUT2D eigenvalue weighted by atomic mass is 16.5. The molecule has 6 heteroatoms. The number of benzene rings is 2. The van der Waals surface area contributed by atoms with E-state index in [0.717, 1.165) is 30.6 Å². The van der Waals surface area contributed by atoms with Gasteiger partial charge in [0.05, 0.1) is 7.11 Å². The predicted octanol–water partition coefficient (Wildman–Crippen LogP) is 3.97. The maximum absolute atomic E-state index is 13.0. The van der Waals surface area contributed by atoms with Crippen molar-refractivity contribution >= 4 is 11.8 Å². The number of aryl methyl sites for hydroxylation is 1. The van der Waals surface area contributed by atoms with Gasteiger partial charge in [0.25, 0.3) is 5.91 Å². The Morgan fingerprint density at radius 2 is 1.58 bits per heavy atom. The molecule has 0 unspecified atom stereocenters. The van der Waals surface area contributed by atoms with Crippen LogP contribution in [0.1, 0.15) is 44.7 Å². The Bertz CT molecular complexity index is 818. The van der Waals surface area contributed by atoms with Crippen LogP contribution >= 0.6 is 0 Å². The second kappa shape index (κ2) is 12.6. The molecule has 0 bridgehead atoms. The van der Waals surface area contributed by atoms with Crippen molar-refractivity contribution in [1.29, 1.82) is 0 Å². The van der Waals surface area contributed by atoms with Gasteiger partial charge in [-0.05, 0) is 55.2 Å². The maximum atomic E-state index is 13.0. The summed E-state index contributed by atoms with van der Waals surface area (Å²) in [6.07, 6.45) is 2.84. The first kappa shape index (κ1) is 24.3. The lowest BCUT2D eigenvalue weighted by Gasteiger charge is -2.28. The van der Waals surface area contributed by atoms with Crippen molar-refractivity contribution in [1.82, 2.24) is 10.2 Å². The highest BCUT2D eigenvalue weighted by molar-refractivity contribution is 5.87. The molecule has 31 heavy (non-hydrogen) atoms. The molecule has 0 aliphatic heterocycles. The third kappa shape index (κ3) is 7.63. The van der Waals surface area contributed by atoms with Crippen molar-refractivity contribution in [3.05, 3.63) is 59.7 Å². The van der Waals surface area contributed by atoms with Gasteiger partial charge in [-0.15, -0.1) is 0 Å². The first-order valence-corrected chi connectivity index (χ1v) is 10.9. The van der Waals surface area contributed by atoms with Crippen molar-refractivity contribution in [3.8, 4) is 11.5 Å². The summed E-state index contributed by atoms with van der Waals surface area (Å²) < 4.78 is 10.9. The van der Waals surface area contributed by atoms with Gasteiger partial charge in [-0.3, -0.25) is 9.59 Å². The van der Waals surface area contributed by atoms with Gasteiger partial charge in [-0.2, -0.15) is 0 Å². The lowest BCUT2D eigenvalue weighted by atomic mass is 10.1. The van der Waals surface area contributed by atoms with E-state index in [-0.39, 0.29) is 18.4 Å². The summed E-state index contributed by atoms with van der Waals surface area (Å²) in [6, 6.07) is 14.6. The molecule has 0 saturated heterocycles. The number of hydrogen-bond acceptors (Lipinski definition) is 4. The van der Waals surface area contributed by atoms with Crippen LogP contribution in [0.4, 0.5) is 0 Å². The SMILES string of the molecule is CCCCNC(=O)[C@@H](C)N(Cc1ccc(OC)cc1)C(=O)COc1ccc(CC)cc1. The van der Waals surface area contributed by atoms with E-state index in [0.29, 0.717) is 18.8 Å². The molecular formula is C25H34N2O4. The summed E-state index contributed by atoms with van der Waals surface area (Å²) in [6.45, 7) is 6.68. The molecule has 2 aromatic rings. The van der Waals surface area contributed by atoms with Gasteiger partial charge in [-0.25, -0.2) is 0 Å². The fraction of sp³-hybridized carbons (Fsp3) is 0.440. The first-order chi connectivity index (χ1) is 15.0. The van der Waals surface area contributed by atoms with Crippen LogP contribution in [-0.4, -0.2) is 43.0 Å². The number of amides is 2. The molecule has 1 atom stereocenters. The van der Waals surface area contributed by atoms with E-state index in [1.54, 1.807) is 18.9 Å². The van der Waals surface area contributed by atoms with E-state index in [1.807, 2.05) is 48.5 Å². The largest absolute Gasteiger partial charge is 0.497 e. The molecule has 1 N–H and O–H groups in total. The van der Waals surface area contributed by atoms with Crippen LogP contribution in [0.25, 0.3) is 0 Å². The van der Waals surface area contributed by atoms with E-state index in [4.69, 9.17) is 9.47 Å². The molecule has 0 saturated carbocycles. The summed E-state index contributed by atoms with van der Waals surface area (Å²) in [4.78, 5) is 27.2. The average molecular weight is 427 g/mol. The number of methoxy groups -OCH3 is 1. The zero-order valence-corrected chi connectivity index (χ0v) is 19.0. The molecule has 0 aliphatic rings. The highest BCUT2D eigenvalue weighted by Gasteiger charge is 2.26. The Morgan fingerprint density at radius 3 is 2.16 bits per heavy atom. The summed E-state index contributed by atoms with van der Waals surface area (Å²) in [5, 5.41) is 2.92. The van der Waals surface area contributed by atoms with Gasteiger partial charge in [0, 0.05) is 13.1 Å². The predicted molar refractivity (Wildman–Crippen MR) is 122 cm³/mol. The van der Waals surface area contributed by atoms with Crippen LogP contribution in [0.3, 0.4) is 0 Å². The number of nitrogens with zero attached hydrogens (tertiary/aromatic N) is 1. The molecule has 0 spiro atoms. The lowest BCUT2D eigenvalue weighted by Crippen LogP contribution is -2.49. The zero-order valence-electron chi connectivity index (χ0n) is 19.0. The van der Waals surface area contributed by atoms with Crippen molar-refractivity contribution in [3.63, 3.8) is 0 Å². The lowest BCUT2D eigenvalue weighted by molar-refractivity contribution is -0.142. The summed E-state index contributed by atoms with van der Waals surface area (Å²) in [7, 11) is 1.61. The minimum Gasteiger partial charge on any atom is -0.497 e. The van der Waals surface area contributed by atoms with Crippen molar-refractivity contribution < 1.29 is 19.1 Å². The van der Waals surface area contributed by atoms with E-state index in [2.05, 4.69) is 19.2 Å². The normalized spacial score (nSPS) is 11.5. The molecule has 0 radical (unpaired) electrons. The van der Waals surface area contributed by atoms with Gasteiger partial charge in [0.1, 0.15) is 17.5 Å². The third-order valence-electron chi connectivity index (χ3n) is 5.20. The standard InChI is InChI=1S/C25H34N2O4/c1-5-7-16-26-25(29)19(3)27(17-21-10-12-22(30-4)13-11-21)24(28)18-31-23-14-8-20(6-2)9-15-23/h8-15,19H,5-7,16-18H2,1-4H3,(H,26,29)/t19-/m1/s1. The number of carbonyl (C=O) groups excluding carboxylic acids is 2. The smallest absolute Gasteiger partial charge is 0.261 e. The minimum atomic E-state index is -0.613. The number of carbonyl (C=O) groups is 2. The molecule has 2 aromatic carbocycles. The average Bonchev–Trinajstić information content (AvgIpc) is 2.81. The van der Waals surface area contributed by atoms with Gasteiger partial charge in [0.2, 0.25) is 5.91 Å². The molecule has 0 fully saturated rings. The minimum absolute atomic E-state index is 0.131. The molecule has 0 heterocycles. The van der Waals surface area contributed by atoms with Crippen molar-refractivity contribution in [2.45, 2.75) is 52.6 Å². The van der Waals surface area contributed by atoms with Crippen LogP contribution in [0.15, 0.2) is 48.5 Å². The number of nitrogens with one attached hydrogen (secondary N) is 1. The Labute approximate surface area is 185 Å². The van der Waals surface area contributed by atoms with E-state index in [9.17, 15) is 9.59 Å². The monoisotopic (exact) mass is 426 g/mol. The Kier molecular flexibility index (Phi) is 9.88. The zero-order chi connectivity index (χ0) is 22.6. The van der Waals surface area contributed by atoms with Gasteiger partial charge >= 0.3 is 0 Å². The molecule has 0 aliphatic carbocycles. The van der Waals surface area contributed by atoms with Crippen LogP contribution < -0.4 is 14.8 Å². The summed E-state index contributed by atoms with van der Waals surface area (Å²) in [5.74, 6) is 0.969. The topological polar surface area (TPSA) is 67.9 Å². The molecule has 2 amide bonds. The summed E-state index contributed by atoms with van der Waals surface area (Å²) in [5.41, 5.74) is 2.12. The van der Waals surface area contributed by atoms with Crippen LogP contribution in [-0.2, 0) is 22.6 Å². The molecule has 2 rings (SSSR count). The van der Waals surface area contributed by atoms with E-state index in [1.165, 1.54) is 5.56 Å². The summed E-state index contributed by atoms with van der Waals surface area (Å²) >= 11 is 0. The number of hydrogen-bond donors (Lipinski definition) is 1. The molecule has 168 valence electrons. The third-order valence-corrected chi connectivity index (χ3v) is 5.20. The molecular weight excluding hydrogens is 392 g/mol. The maximum Gasteiger partial charge on any atom is 0.261 e. The number of rotatable bonds is 12. The van der Waals surface area contributed by atoms with Gasteiger partial charge in [0.15, 0.2) is 6.61 Å². The Hall–Kier alpha value is -3.02. The highest BCUT2D eigenvalue weighted by Crippen LogP contribution is 2.16. The Morgan fingerprint density at radius 1 is 0.968 bits per heavy atom. The number of ether oxygens (including phenoxy) is 2. The first-order valence-electron chi connectivity index (χ1n) is 10.9. The van der Waals surface area contributed by atoms with Crippen LogP contribution in [0.2, 0.25) is 0 Å². The second-order valence-electron chi connectivity index (χ2n) is 7.48. The number of unbranched alkanes of at least 4 members (excludes halogenated alkanes) is 1. The van der Waals surface area contributed by atoms with Crippen LogP contribution in [0, 0.1) is 0 Å². The van der Waals surface area contributed by atoms with Gasteiger partial charge < -0.3 is 19.7 Å². The van der Waals surface area contributed by atoms with E-state index < -0.39 is 6.04 Å². The quantitative estimate of drug-likeness (QED) is 0.522. The van der Waals surface area contributed by atoms with Gasteiger partial charge in [-0.1, -0.05) is 44.5 Å². The fourth-order valence-corrected chi connectivity index (χ4v) is 3.10. The van der Waals surface area contributed by atoms with E-state index >= 15 is 0 Å². The molecule has 6 nitrogen and oxygen atoms in total. The fourth-order valence-electron chi connectivity index (χ4n) is 3.10. The van der Waals surface area contributed by atoms with Crippen LogP contribution in [0.5, 0.6) is 11.5 Å².